The van der Waals surface area contributed by atoms with Gasteiger partial charge in [-0.3, -0.25) is 4.79 Å². The summed E-state index contributed by atoms with van der Waals surface area (Å²) >= 11 is 0. The molecular formula is C13H12N2O4. The van der Waals surface area contributed by atoms with Crippen molar-refractivity contribution in [3.05, 3.63) is 30.0 Å². The molecule has 6 heteroatoms. The Balaban J connectivity index is 2.69. The minimum absolute atomic E-state index is 0.135. The largest absolute Gasteiger partial charge is 0.497 e. The van der Waals surface area contributed by atoms with Crippen LogP contribution in [0.5, 0.6) is 5.75 Å². The number of pyridine rings is 1. The number of hydrogen-bond donors (Lipinski definition) is 2. The van der Waals surface area contributed by atoms with Crippen LogP contribution in [-0.2, 0) is 4.79 Å². The molecular weight excluding hydrogens is 248 g/mol. The van der Waals surface area contributed by atoms with Crippen LogP contribution in [0.2, 0.25) is 0 Å². The number of aromatic nitrogens is 1. The molecule has 0 unspecified atom stereocenters. The highest BCUT2D eigenvalue weighted by Gasteiger charge is 2.12. The molecule has 0 aliphatic carbocycles. The first-order chi connectivity index (χ1) is 9.01. The molecule has 0 aliphatic rings. The average Bonchev–Trinajstić information content (AvgIpc) is 2.37. The van der Waals surface area contributed by atoms with Crippen LogP contribution in [0.4, 0.5) is 5.69 Å². The summed E-state index contributed by atoms with van der Waals surface area (Å²) in [6.45, 7) is 1.36. The maximum Gasteiger partial charge on any atom is 0.354 e. The lowest BCUT2D eigenvalue weighted by Gasteiger charge is -2.09. The molecule has 2 aromatic rings. The fourth-order valence-electron chi connectivity index (χ4n) is 1.74. The second kappa shape index (κ2) is 4.93. The molecule has 0 spiro atoms. The van der Waals surface area contributed by atoms with Crippen LogP contribution in [0.15, 0.2) is 24.3 Å². The van der Waals surface area contributed by atoms with Crippen LogP contribution in [-0.4, -0.2) is 29.1 Å². The van der Waals surface area contributed by atoms with E-state index in [4.69, 9.17) is 9.84 Å². The van der Waals surface area contributed by atoms with Crippen molar-refractivity contribution in [2.75, 3.05) is 12.4 Å². The normalized spacial score (nSPS) is 10.2. The Morgan fingerprint density at radius 3 is 2.63 bits per heavy atom. The van der Waals surface area contributed by atoms with Gasteiger partial charge in [-0.25, -0.2) is 9.78 Å². The minimum Gasteiger partial charge on any atom is -0.497 e. The van der Waals surface area contributed by atoms with E-state index in [-0.39, 0.29) is 11.6 Å². The van der Waals surface area contributed by atoms with E-state index in [9.17, 15) is 9.59 Å². The number of carbonyl (C=O) groups excluding carboxylic acids is 1. The molecule has 1 heterocycles. The number of methoxy groups -OCH3 is 1. The van der Waals surface area contributed by atoms with Gasteiger partial charge in [-0.2, -0.15) is 0 Å². The van der Waals surface area contributed by atoms with Gasteiger partial charge in [-0.1, -0.05) is 0 Å². The number of nitrogens with one attached hydrogen (secondary N) is 1. The third-order valence-electron chi connectivity index (χ3n) is 2.55. The summed E-state index contributed by atoms with van der Waals surface area (Å²) in [5.41, 5.74) is 0.727. The van der Waals surface area contributed by atoms with Crippen molar-refractivity contribution in [2.45, 2.75) is 6.92 Å². The topological polar surface area (TPSA) is 88.5 Å². The molecule has 0 saturated heterocycles. The molecule has 1 aromatic carbocycles. The molecule has 2 N–H and O–H groups in total. The first kappa shape index (κ1) is 12.8. The van der Waals surface area contributed by atoms with Gasteiger partial charge in [0, 0.05) is 18.4 Å². The van der Waals surface area contributed by atoms with E-state index in [2.05, 4.69) is 10.3 Å². The van der Waals surface area contributed by atoms with Crippen molar-refractivity contribution < 1.29 is 19.4 Å². The lowest BCUT2D eigenvalue weighted by atomic mass is 10.1. The number of fused-ring (bicyclic) bond motifs is 1. The summed E-state index contributed by atoms with van der Waals surface area (Å²) in [4.78, 5) is 26.2. The fourth-order valence-corrected chi connectivity index (χ4v) is 1.74. The second-order valence-corrected chi connectivity index (χ2v) is 3.92. The average molecular weight is 260 g/mol. The Labute approximate surface area is 109 Å². The van der Waals surface area contributed by atoms with E-state index in [0.29, 0.717) is 22.3 Å². The summed E-state index contributed by atoms with van der Waals surface area (Å²) in [5.74, 6) is -0.868. The van der Waals surface area contributed by atoms with Crippen molar-refractivity contribution in [2.24, 2.45) is 0 Å². The Bertz CT molecular complexity index is 667. The summed E-state index contributed by atoms with van der Waals surface area (Å²) in [5, 5.41) is 12.3. The van der Waals surface area contributed by atoms with Gasteiger partial charge in [0.2, 0.25) is 5.91 Å². The number of carboxylic acids is 1. The molecule has 0 saturated carbocycles. The van der Waals surface area contributed by atoms with E-state index in [0.717, 1.165) is 0 Å². The van der Waals surface area contributed by atoms with Crippen LogP contribution in [0, 0.1) is 0 Å². The van der Waals surface area contributed by atoms with Gasteiger partial charge < -0.3 is 15.2 Å². The SMILES string of the molecule is COc1ccc2c(NC(C)=O)cc(C(=O)O)nc2c1. The van der Waals surface area contributed by atoms with Gasteiger partial charge in [-0.05, 0) is 18.2 Å². The number of aromatic carboxylic acids is 1. The van der Waals surface area contributed by atoms with E-state index in [1.54, 1.807) is 18.2 Å². The third-order valence-corrected chi connectivity index (χ3v) is 2.55. The summed E-state index contributed by atoms with van der Waals surface area (Å²) in [6, 6.07) is 6.39. The van der Waals surface area contributed by atoms with Crippen molar-refractivity contribution in [1.29, 1.82) is 0 Å². The molecule has 98 valence electrons. The first-order valence-electron chi connectivity index (χ1n) is 5.51. The standard InChI is InChI=1S/C13H12N2O4/c1-7(16)14-11-6-12(13(17)18)15-10-5-8(19-2)3-4-9(10)11/h3-6H,1-2H3,(H,17,18)(H,14,15,16). The van der Waals surface area contributed by atoms with E-state index < -0.39 is 5.97 Å². The van der Waals surface area contributed by atoms with Crippen LogP contribution >= 0.6 is 0 Å². The quantitative estimate of drug-likeness (QED) is 0.879. The Hall–Kier alpha value is -2.63. The van der Waals surface area contributed by atoms with Gasteiger partial charge in [0.1, 0.15) is 5.75 Å². The van der Waals surface area contributed by atoms with Gasteiger partial charge in [0.15, 0.2) is 5.69 Å². The molecule has 0 bridgehead atoms. The lowest BCUT2D eigenvalue weighted by Crippen LogP contribution is -2.09. The van der Waals surface area contributed by atoms with Crippen LogP contribution in [0.1, 0.15) is 17.4 Å². The lowest BCUT2D eigenvalue weighted by molar-refractivity contribution is -0.114. The van der Waals surface area contributed by atoms with Gasteiger partial charge >= 0.3 is 5.97 Å². The fraction of sp³-hybridized carbons (Fsp3) is 0.154. The zero-order valence-corrected chi connectivity index (χ0v) is 10.4. The highest BCUT2D eigenvalue weighted by atomic mass is 16.5. The molecule has 0 fully saturated rings. The summed E-state index contributed by atoms with van der Waals surface area (Å²) in [6.07, 6.45) is 0. The predicted molar refractivity (Wildman–Crippen MR) is 69.6 cm³/mol. The number of amides is 1. The predicted octanol–water partition coefficient (Wildman–Crippen LogP) is 1.90. The van der Waals surface area contributed by atoms with E-state index >= 15 is 0 Å². The second-order valence-electron chi connectivity index (χ2n) is 3.92. The van der Waals surface area contributed by atoms with E-state index in [1.165, 1.54) is 20.1 Å². The van der Waals surface area contributed by atoms with Crippen LogP contribution in [0.3, 0.4) is 0 Å². The molecule has 1 aromatic heterocycles. The Kier molecular flexibility index (Phi) is 3.33. The van der Waals surface area contributed by atoms with Crippen molar-refractivity contribution in [3.63, 3.8) is 0 Å². The number of anilines is 1. The first-order valence-corrected chi connectivity index (χ1v) is 5.51. The minimum atomic E-state index is -1.16. The highest BCUT2D eigenvalue weighted by Crippen LogP contribution is 2.26. The van der Waals surface area contributed by atoms with Crippen molar-refractivity contribution in [3.8, 4) is 5.75 Å². The Morgan fingerprint density at radius 2 is 2.05 bits per heavy atom. The summed E-state index contributed by atoms with van der Waals surface area (Å²) < 4.78 is 5.07. The number of rotatable bonds is 3. The monoisotopic (exact) mass is 260 g/mol. The molecule has 19 heavy (non-hydrogen) atoms. The van der Waals surface area contributed by atoms with Crippen LogP contribution < -0.4 is 10.1 Å². The van der Waals surface area contributed by atoms with Crippen molar-refractivity contribution in [1.82, 2.24) is 4.98 Å². The zero-order valence-electron chi connectivity index (χ0n) is 10.4. The molecule has 0 aliphatic heterocycles. The number of hydrogen-bond acceptors (Lipinski definition) is 4. The third kappa shape index (κ3) is 2.62. The zero-order chi connectivity index (χ0) is 14.0. The number of benzene rings is 1. The van der Waals surface area contributed by atoms with Gasteiger partial charge in [0.05, 0.1) is 18.3 Å². The number of carbonyl (C=O) groups is 2. The molecule has 2 rings (SSSR count). The van der Waals surface area contributed by atoms with Crippen LogP contribution in [0.25, 0.3) is 10.9 Å². The van der Waals surface area contributed by atoms with Crippen molar-refractivity contribution >= 4 is 28.5 Å². The summed E-state index contributed by atoms with van der Waals surface area (Å²) in [7, 11) is 1.51. The molecule has 1 amide bonds. The maximum atomic E-state index is 11.2. The van der Waals surface area contributed by atoms with Gasteiger partial charge in [-0.15, -0.1) is 0 Å². The van der Waals surface area contributed by atoms with E-state index in [1.807, 2.05) is 0 Å². The number of carboxylic acid groups (broad SMARTS) is 1. The Morgan fingerprint density at radius 1 is 1.32 bits per heavy atom. The highest BCUT2D eigenvalue weighted by molar-refractivity contribution is 6.03. The number of nitrogens with zero attached hydrogens (tertiary/aromatic N) is 1. The van der Waals surface area contributed by atoms with Gasteiger partial charge in [0.25, 0.3) is 0 Å². The smallest absolute Gasteiger partial charge is 0.354 e. The molecule has 0 atom stereocenters. The molecule has 0 radical (unpaired) electrons. The number of ether oxygens (including phenoxy) is 1. The molecule has 6 nitrogen and oxygen atoms in total. The maximum absolute atomic E-state index is 11.2.